The van der Waals surface area contributed by atoms with Gasteiger partial charge in [-0.15, -0.1) is 0 Å². The molecule has 3 heteroatoms. The van der Waals surface area contributed by atoms with Crippen LogP contribution in [0.3, 0.4) is 0 Å². The predicted octanol–water partition coefficient (Wildman–Crippen LogP) is 6.24. The number of benzene rings is 3. The molecule has 0 fully saturated rings. The number of nitrogens with zero attached hydrogens (tertiary/aromatic N) is 1. The fourth-order valence-electron chi connectivity index (χ4n) is 3.36. The molecule has 1 heterocycles. The Labute approximate surface area is 166 Å². The van der Waals surface area contributed by atoms with Gasteiger partial charge in [-0.25, -0.2) is 0 Å². The Hall–Kier alpha value is -2.91. The first-order valence-corrected chi connectivity index (χ1v) is 9.58. The topological polar surface area (TPSA) is 22.0 Å². The van der Waals surface area contributed by atoms with Crippen molar-refractivity contribution in [1.29, 1.82) is 0 Å². The maximum absolute atomic E-state index is 12.9. The van der Waals surface area contributed by atoms with Gasteiger partial charge in [-0.1, -0.05) is 82.7 Å². The van der Waals surface area contributed by atoms with Crippen molar-refractivity contribution in [3.63, 3.8) is 0 Å². The minimum atomic E-state index is 0.0341. The second-order valence-corrected chi connectivity index (χ2v) is 7.24. The summed E-state index contributed by atoms with van der Waals surface area (Å²) in [6.07, 6.45) is 0. The molecule has 0 spiro atoms. The van der Waals surface area contributed by atoms with E-state index in [1.165, 1.54) is 0 Å². The van der Waals surface area contributed by atoms with Gasteiger partial charge in [0, 0.05) is 27.4 Å². The Morgan fingerprint density at radius 2 is 1.37 bits per heavy atom. The highest BCUT2D eigenvalue weighted by atomic mass is 79.9. The number of pyridine rings is 1. The van der Waals surface area contributed by atoms with E-state index in [0.29, 0.717) is 0 Å². The van der Waals surface area contributed by atoms with E-state index >= 15 is 0 Å². The van der Waals surface area contributed by atoms with Crippen LogP contribution in [-0.4, -0.2) is 4.57 Å². The van der Waals surface area contributed by atoms with Crippen LogP contribution in [0.4, 0.5) is 0 Å². The molecule has 0 radical (unpaired) electrons. The molecule has 0 atom stereocenters. The smallest absolute Gasteiger partial charge is 0.185 e. The summed E-state index contributed by atoms with van der Waals surface area (Å²) < 4.78 is 3.13. The number of aromatic nitrogens is 1. The van der Waals surface area contributed by atoms with Crippen molar-refractivity contribution in [3.05, 3.63) is 111 Å². The van der Waals surface area contributed by atoms with Gasteiger partial charge in [0.15, 0.2) is 5.43 Å². The number of halogens is 1. The van der Waals surface area contributed by atoms with Crippen LogP contribution in [0.25, 0.3) is 28.2 Å². The average Bonchev–Trinajstić information content (AvgIpc) is 2.71. The zero-order valence-electron chi connectivity index (χ0n) is 14.9. The van der Waals surface area contributed by atoms with Crippen molar-refractivity contribution in [1.82, 2.24) is 4.57 Å². The van der Waals surface area contributed by atoms with E-state index in [0.717, 1.165) is 38.2 Å². The van der Waals surface area contributed by atoms with Crippen LogP contribution < -0.4 is 5.43 Å². The standard InChI is InChI=1S/C24H18BrNO/c1-17-23(27)16-22(20-14-8-9-15-21(20)25)26(19-12-6-3-7-13-19)24(17)18-10-4-2-5-11-18/h2-16H,1H3. The van der Waals surface area contributed by atoms with Crippen LogP contribution >= 0.6 is 15.9 Å². The van der Waals surface area contributed by atoms with Gasteiger partial charge >= 0.3 is 0 Å². The second kappa shape index (κ2) is 7.37. The Balaban J connectivity index is 2.16. The van der Waals surface area contributed by atoms with Gasteiger partial charge in [-0.2, -0.15) is 0 Å². The molecule has 0 saturated carbocycles. The summed E-state index contributed by atoms with van der Waals surface area (Å²) in [5.74, 6) is 0. The Morgan fingerprint density at radius 1 is 0.778 bits per heavy atom. The van der Waals surface area contributed by atoms with Gasteiger partial charge in [-0.3, -0.25) is 4.79 Å². The zero-order chi connectivity index (χ0) is 18.8. The maximum Gasteiger partial charge on any atom is 0.185 e. The molecule has 4 rings (SSSR count). The first-order chi connectivity index (χ1) is 13.2. The van der Waals surface area contributed by atoms with Crippen LogP contribution in [0.1, 0.15) is 5.56 Å². The third kappa shape index (κ3) is 3.26. The van der Waals surface area contributed by atoms with Crippen molar-refractivity contribution in [2.75, 3.05) is 0 Å². The second-order valence-electron chi connectivity index (χ2n) is 6.38. The molecule has 0 unspecified atom stereocenters. The fourth-order valence-corrected chi connectivity index (χ4v) is 3.84. The molecule has 0 saturated heterocycles. The normalized spacial score (nSPS) is 10.7. The van der Waals surface area contributed by atoms with E-state index in [1.54, 1.807) is 6.07 Å². The molecule has 0 amide bonds. The highest BCUT2D eigenvalue weighted by Gasteiger charge is 2.18. The molecule has 27 heavy (non-hydrogen) atoms. The molecule has 4 aromatic rings. The van der Waals surface area contributed by atoms with Crippen molar-refractivity contribution in [3.8, 4) is 28.2 Å². The summed E-state index contributed by atoms with van der Waals surface area (Å²) in [7, 11) is 0. The quantitative estimate of drug-likeness (QED) is 0.387. The fraction of sp³-hybridized carbons (Fsp3) is 0.0417. The molecule has 1 aromatic heterocycles. The molecular formula is C24H18BrNO. The number of hydrogen-bond acceptors (Lipinski definition) is 1. The number of rotatable bonds is 3. The van der Waals surface area contributed by atoms with Crippen LogP contribution in [0.2, 0.25) is 0 Å². The lowest BCUT2D eigenvalue weighted by Gasteiger charge is -2.22. The van der Waals surface area contributed by atoms with Crippen LogP contribution in [0.15, 0.2) is 100 Å². The van der Waals surface area contributed by atoms with Gasteiger partial charge in [0.2, 0.25) is 0 Å². The summed E-state index contributed by atoms with van der Waals surface area (Å²) in [4.78, 5) is 12.9. The first kappa shape index (κ1) is 17.5. The van der Waals surface area contributed by atoms with Crippen molar-refractivity contribution >= 4 is 15.9 Å². The lowest BCUT2D eigenvalue weighted by atomic mass is 10.0. The molecule has 132 valence electrons. The molecule has 0 aliphatic rings. The summed E-state index contributed by atoms with van der Waals surface area (Å²) in [6.45, 7) is 1.90. The number of para-hydroxylation sites is 1. The molecule has 3 aromatic carbocycles. The molecule has 0 aliphatic heterocycles. The van der Waals surface area contributed by atoms with Gasteiger partial charge in [0.05, 0.1) is 11.4 Å². The summed E-state index contributed by atoms with van der Waals surface area (Å²) >= 11 is 3.65. The zero-order valence-corrected chi connectivity index (χ0v) is 16.5. The first-order valence-electron chi connectivity index (χ1n) is 8.79. The van der Waals surface area contributed by atoms with Gasteiger partial charge in [0.25, 0.3) is 0 Å². The van der Waals surface area contributed by atoms with Gasteiger partial charge in [0.1, 0.15) is 0 Å². The van der Waals surface area contributed by atoms with E-state index in [2.05, 4.69) is 32.6 Å². The largest absolute Gasteiger partial charge is 0.309 e. The molecule has 2 nitrogen and oxygen atoms in total. The maximum atomic E-state index is 12.9. The van der Waals surface area contributed by atoms with E-state index in [9.17, 15) is 4.79 Å². The summed E-state index contributed by atoms with van der Waals surface area (Å²) in [5.41, 5.74) is 5.57. The average molecular weight is 416 g/mol. The monoisotopic (exact) mass is 415 g/mol. The van der Waals surface area contributed by atoms with Crippen LogP contribution in [0, 0.1) is 6.92 Å². The lowest BCUT2D eigenvalue weighted by molar-refractivity contribution is 1.04. The third-order valence-electron chi connectivity index (χ3n) is 4.67. The van der Waals surface area contributed by atoms with Crippen molar-refractivity contribution in [2.45, 2.75) is 6.92 Å². The van der Waals surface area contributed by atoms with Crippen molar-refractivity contribution < 1.29 is 0 Å². The molecule has 0 bridgehead atoms. The van der Waals surface area contributed by atoms with E-state index < -0.39 is 0 Å². The van der Waals surface area contributed by atoms with Gasteiger partial charge < -0.3 is 4.57 Å². The Kier molecular flexibility index (Phi) is 4.78. The molecule has 0 aliphatic carbocycles. The SMILES string of the molecule is Cc1c(-c2ccccc2)n(-c2ccccc2)c(-c2ccccc2Br)cc1=O. The van der Waals surface area contributed by atoms with Crippen LogP contribution in [0.5, 0.6) is 0 Å². The number of hydrogen-bond donors (Lipinski definition) is 0. The summed E-state index contributed by atoms with van der Waals surface area (Å²) in [6, 6.07) is 30.0. The minimum absolute atomic E-state index is 0.0341. The lowest BCUT2D eigenvalue weighted by Crippen LogP contribution is -2.15. The highest BCUT2D eigenvalue weighted by molar-refractivity contribution is 9.10. The highest BCUT2D eigenvalue weighted by Crippen LogP contribution is 2.34. The molecular weight excluding hydrogens is 398 g/mol. The van der Waals surface area contributed by atoms with E-state index in [-0.39, 0.29) is 5.43 Å². The van der Waals surface area contributed by atoms with Crippen molar-refractivity contribution in [2.24, 2.45) is 0 Å². The van der Waals surface area contributed by atoms with Crippen LogP contribution in [-0.2, 0) is 0 Å². The van der Waals surface area contributed by atoms with E-state index in [4.69, 9.17) is 0 Å². The summed E-state index contributed by atoms with van der Waals surface area (Å²) in [5, 5.41) is 0. The predicted molar refractivity (Wildman–Crippen MR) is 115 cm³/mol. The molecule has 0 N–H and O–H groups in total. The Bertz CT molecular complexity index is 1150. The van der Waals surface area contributed by atoms with Gasteiger partial charge in [-0.05, 0) is 30.7 Å². The van der Waals surface area contributed by atoms with E-state index in [1.807, 2.05) is 79.7 Å². The minimum Gasteiger partial charge on any atom is -0.309 e. The third-order valence-corrected chi connectivity index (χ3v) is 5.36. The Morgan fingerprint density at radius 3 is 2.04 bits per heavy atom.